The van der Waals surface area contributed by atoms with Crippen molar-refractivity contribution in [1.29, 1.82) is 0 Å². The fourth-order valence-corrected chi connectivity index (χ4v) is 5.14. The Hall–Kier alpha value is -0.620. The predicted octanol–water partition coefficient (Wildman–Crippen LogP) is 4.62. The van der Waals surface area contributed by atoms with Gasteiger partial charge in [0.05, 0.1) is 0 Å². The van der Waals surface area contributed by atoms with Gasteiger partial charge in [0.2, 0.25) is 5.91 Å². The molecule has 0 aromatic carbocycles. The van der Waals surface area contributed by atoms with Crippen molar-refractivity contribution in [2.45, 2.75) is 63.5 Å². The molecular weight excluding hydrogens is 304 g/mol. The molecule has 0 aliphatic carbocycles. The molecule has 2 rings (SSSR count). The molecule has 1 aromatic rings. The second-order valence-electron chi connectivity index (χ2n) is 6.45. The second kappa shape index (κ2) is 7.58. The zero-order chi connectivity index (χ0) is 15.3. The lowest BCUT2D eigenvalue weighted by Gasteiger charge is -2.12. The van der Waals surface area contributed by atoms with E-state index in [9.17, 15) is 4.79 Å². The summed E-state index contributed by atoms with van der Waals surface area (Å²) in [4.78, 5) is 11.9. The molecular formula is C15H24N2O2S2. The number of unbranched alkanes of at least 4 members (excludes halogenated alkanes) is 1. The first-order chi connectivity index (χ1) is 9.95. The Morgan fingerprint density at radius 3 is 2.90 bits per heavy atom. The average Bonchev–Trinajstić information content (AvgIpc) is 3.04. The van der Waals surface area contributed by atoms with Crippen LogP contribution in [-0.4, -0.2) is 22.1 Å². The number of carbonyl (C=O) groups is 1. The van der Waals surface area contributed by atoms with Gasteiger partial charge < -0.3 is 9.84 Å². The molecule has 118 valence electrons. The first-order valence-corrected chi connectivity index (χ1v) is 9.88. The van der Waals surface area contributed by atoms with Crippen molar-refractivity contribution < 1.29 is 9.32 Å². The maximum Gasteiger partial charge on any atom is 0.225 e. The summed E-state index contributed by atoms with van der Waals surface area (Å²) in [6, 6.07) is 1.81. The number of anilines is 1. The molecule has 1 saturated heterocycles. The van der Waals surface area contributed by atoms with Crippen LogP contribution in [0.25, 0.3) is 0 Å². The van der Waals surface area contributed by atoms with E-state index in [1.165, 1.54) is 18.6 Å². The maximum absolute atomic E-state index is 11.9. The van der Waals surface area contributed by atoms with Crippen molar-refractivity contribution in [1.82, 2.24) is 5.16 Å². The number of hydrogen-bond donors (Lipinski definition) is 1. The van der Waals surface area contributed by atoms with Crippen LogP contribution in [0.2, 0.25) is 0 Å². The number of nitrogens with one attached hydrogen (secondary N) is 1. The highest BCUT2D eigenvalue weighted by molar-refractivity contribution is 8.77. The quantitative estimate of drug-likeness (QED) is 0.610. The molecule has 21 heavy (non-hydrogen) atoms. The van der Waals surface area contributed by atoms with E-state index in [2.05, 4.69) is 31.2 Å². The van der Waals surface area contributed by atoms with Gasteiger partial charge in [-0.3, -0.25) is 4.79 Å². The van der Waals surface area contributed by atoms with Crippen LogP contribution in [0.3, 0.4) is 0 Å². The number of hydrogen-bond acceptors (Lipinski definition) is 5. The molecule has 1 fully saturated rings. The Bertz CT molecular complexity index is 462. The van der Waals surface area contributed by atoms with Gasteiger partial charge in [-0.2, -0.15) is 0 Å². The molecule has 4 nitrogen and oxygen atoms in total. The van der Waals surface area contributed by atoms with Crippen molar-refractivity contribution in [3.05, 3.63) is 11.8 Å². The van der Waals surface area contributed by atoms with Crippen LogP contribution in [0.5, 0.6) is 0 Å². The maximum atomic E-state index is 11.9. The summed E-state index contributed by atoms with van der Waals surface area (Å²) in [7, 11) is 3.97. The van der Waals surface area contributed by atoms with E-state index in [1.807, 2.05) is 27.7 Å². The summed E-state index contributed by atoms with van der Waals surface area (Å²) in [5.41, 5.74) is -0.0903. The molecule has 1 aromatic heterocycles. The monoisotopic (exact) mass is 328 g/mol. The number of amides is 1. The molecule has 0 bridgehead atoms. The minimum absolute atomic E-state index is 0.0252. The Labute approximate surface area is 134 Å². The van der Waals surface area contributed by atoms with Gasteiger partial charge in [0.25, 0.3) is 0 Å². The van der Waals surface area contributed by atoms with Crippen molar-refractivity contribution >= 4 is 33.3 Å². The van der Waals surface area contributed by atoms with E-state index >= 15 is 0 Å². The van der Waals surface area contributed by atoms with Gasteiger partial charge in [-0.15, -0.1) is 0 Å². The Morgan fingerprint density at radius 2 is 2.29 bits per heavy atom. The van der Waals surface area contributed by atoms with E-state index in [0.717, 1.165) is 23.9 Å². The summed E-state index contributed by atoms with van der Waals surface area (Å²) in [5, 5.41) is 7.50. The summed E-state index contributed by atoms with van der Waals surface area (Å²) < 4.78 is 5.25. The van der Waals surface area contributed by atoms with Crippen molar-refractivity contribution in [2.75, 3.05) is 11.1 Å². The zero-order valence-corrected chi connectivity index (χ0v) is 14.6. The Kier molecular flexibility index (Phi) is 6.05. The van der Waals surface area contributed by atoms with Gasteiger partial charge in [-0.1, -0.05) is 53.9 Å². The number of aromatic nitrogens is 1. The van der Waals surface area contributed by atoms with E-state index < -0.39 is 0 Å². The third-order valence-electron chi connectivity index (χ3n) is 3.42. The molecule has 1 atom stereocenters. The third-order valence-corrected chi connectivity index (χ3v) is 6.43. The minimum atomic E-state index is -0.0903. The van der Waals surface area contributed by atoms with Gasteiger partial charge in [-0.05, 0) is 19.3 Å². The summed E-state index contributed by atoms with van der Waals surface area (Å²) >= 11 is 0. The predicted molar refractivity (Wildman–Crippen MR) is 90.8 cm³/mol. The SMILES string of the molecule is CC(C)(C)c1cc(NC(=O)CCCCC2CCSS2)no1. The zero-order valence-electron chi connectivity index (χ0n) is 13.0. The van der Waals surface area contributed by atoms with Crippen LogP contribution >= 0.6 is 21.6 Å². The number of carbonyl (C=O) groups excluding carboxylic acids is 1. The van der Waals surface area contributed by atoms with E-state index in [0.29, 0.717) is 12.2 Å². The molecule has 0 radical (unpaired) electrons. The van der Waals surface area contributed by atoms with Crippen LogP contribution in [-0.2, 0) is 10.2 Å². The fourth-order valence-electron chi connectivity index (χ4n) is 2.11. The van der Waals surface area contributed by atoms with Crippen molar-refractivity contribution in [3.8, 4) is 0 Å². The van der Waals surface area contributed by atoms with Gasteiger partial charge in [0, 0.05) is 28.9 Å². The van der Waals surface area contributed by atoms with Crippen LogP contribution in [0.15, 0.2) is 10.6 Å². The van der Waals surface area contributed by atoms with E-state index in [4.69, 9.17) is 4.52 Å². The van der Waals surface area contributed by atoms with Gasteiger partial charge >= 0.3 is 0 Å². The molecule has 2 heterocycles. The largest absolute Gasteiger partial charge is 0.359 e. The Morgan fingerprint density at radius 1 is 1.48 bits per heavy atom. The van der Waals surface area contributed by atoms with Crippen LogP contribution < -0.4 is 5.32 Å². The molecule has 1 unspecified atom stereocenters. The lowest BCUT2D eigenvalue weighted by Crippen LogP contribution is -2.12. The van der Waals surface area contributed by atoms with Crippen molar-refractivity contribution in [3.63, 3.8) is 0 Å². The molecule has 0 spiro atoms. The topological polar surface area (TPSA) is 55.1 Å². The van der Waals surface area contributed by atoms with E-state index in [-0.39, 0.29) is 11.3 Å². The number of nitrogens with zero attached hydrogens (tertiary/aromatic N) is 1. The highest BCUT2D eigenvalue weighted by Gasteiger charge is 2.20. The number of rotatable bonds is 6. The fraction of sp³-hybridized carbons (Fsp3) is 0.733. The third kappa shape index (κ3) is 5.58. The lowest BCUT2D eigenvalue weighted by atomic mass is 9.93. The van der Waals surface area contributed by atoms with Crippen molar-refractivity contribution in [2.24, 2.45) is 0 Å². The van der Waals surface area contributed by atoms with Gasteiger partial charge in [0.15, 0.2) is 5.82 Å². The standard InChI is InChI=1S/C15H24N2O2S2/c1-15(2,3)12-10-13(17-19-12)16-14(18)7-5-4-6-11-8-9-20-21-11/h10-11H,4-9H2,1-3H3,(H,16,17,18). The summed E-state index contributed by atoms with van der Waals surface area (Å²) in [5.74, 6) is 2.61. The highest BCUT2D eigenvalue weighted by Crippen LogP contribution is 2.39. The first kappa shape index (κ1) is 16.7. The smallest absolute Gasteiger partial charge is 0.225 e. The van der Waals surface area contributed by atoms with Crippen LogP contribution in [0.4, 0.5) is 5.82 Å². The molecule has 1 aliphatic rings. The molecule has 1 N–H and O–H groups in total. The van der Waals surface area contributed by atoms with Gasteiger partial charge in [0.1, 0.15) is 5.76 Å². The highest BCUT2D eigenvalue weighted by atomic mass is 33.1. The lowest BCUT2D eigenvalue weighted by molar-refractivity contribution is -0.116. The Balaban J connectivity index is 1.66. The molecule has 1 aliphatic heterocycles. The minimum Gasteiger partial charge on any atom is -0.359 e. The van der Waals surface area contributed by atoms with Crippen LogP contribution in [0, 0.1) is 0 Å². The first-order valence-electron chi connectivity index (χ1n) is 7.50. The second-order valence-corrected chi connectivity index (χ2v) is 9.24. The summed E-state index contributed by atoms with van der Waals surface area (Å²) in [6.45, 7) is 6.16. The normalized spacial score (nSPS) is 18.9. The molecule has 1 amide bonds. The molecule has 6 heteroatoms. The molecule has 0 saturated carbocycles. The summed E-state index contributed by atoms with van der Waals surface area (Å²) in [6.07, 6.45) is 5.16. The van der Waals surface area contributed by atoms with E-state index in [1.54, 1.807) is 0 Å². The average molecular weight is 329 g/mol. The van der Waals surface area contributed by atoms with Gasteiger partial charge in [-0.25, -0.2) is 0 Å². The van der Waals surface area contributed by atoms with Crippen LogP contribution in [0.1, 0.15) is 58.6 Å².